The molecule has 1 amide bonds. The van der Waals surface area contributed by atoms with Crippen LogP contribution in [0.15, 0.2) is 0 Å². The zero-order valence-electron chi connectivity index (χ0n) is 14.3. The predicted molar refractivity (Wildman–Crippen MR) is 84.3 cm³/mol. The fraction of sp³-hybridized carbons (Fsp3) is 0.867. The number of nitrogens with zero attached hydrogens (tertiary/aromatic N) is 1. The molecule has 0 aromatic rings. The summed E-state index contributed by atoms with van der Waals surface area (Å²) < 4.78 is 5.22. The molecule has 6 heteroatoms. The van der Waals surface area contributed by atoms with Crippen LogP contribution in [0.5, 0.6) is 0 Å². The lowest BCUT2D eigenvalue weighted by molar-refractivity contribution is -0.138. The van der Waals surface area contributed by atoms with Gasteiger partial charge in [-0.25, -0.2) is 4.79 Å². The highest BCUT2D eigenvalue weighted by Crippen LogP contribution is 2.10. The van der Waals surface area contributed by atoms with E-state index in [0.717, 1.165) is 19.3 Å². The summed E-state index contributed by atoms with van der Waals surface area (Å²) in [7, 11) is 1.69. The molecule has 0 heterocycles. The zero-order valence-corrected chi connectivity index (χ0v) is 14.3. The number of aliphatic carboxylic acids is 1. The standard InChI is InChI=1S/C13H26N2O4.C2H6/c1-13(2,3)19-12(18)15(4)9-7-5-6-8-10(14)11(16)17;1-2/h10H,5-9,14H2,1-4H3,(H,16,17);1-2H3. The molecule has 1 atom stereocenters. The van der Waals surface area contributed by atoms with Crippen LogP contribution in [0.2, 0.25) is 0 Å². The number of amides is 1. The second-order valence-electron chi connectivity index (χ2n) is 5.70. The highest BCUT2D eigenvalue weighted by atomic mass is 16.6. The van der Waals surface area contributed by atoms with Gasteiger partial charge in [-0.15, -0.1) is 0 Å². The van der Waals surface area contributed by atoms with Crippen molar-refractivity contribution >= 4 is 12.1 Å². The predicted octanol–water partition coefficient (Wildman–Crippen LogP) is 2.85. The molecule has 0 rings (SSSR count). The molecule has 0 bridgehead atoms. The minimum Gasteiger partial charge on any atom is -0.480 e. The van der Waals surface area contributed by atoms with Crippen molar-refractivity contribution in [2.24, 2.45) is 5.73 Å². The molecule has 126 valence electrons. The Bertz CT molecular complexity index is 301. The maximum absolute atomic E-state index is 11.6. The smallest absolute Gasteiger partial charge is 0.410 e. The number of unbranched alkanes of at least 4 members (excludes halogenated alkanes) is 2. The van der Waals surface area contributed by atoms with Crippen molar-refractivity contribution in [1.82, 2.24) is 4.90 Å². The molecule has 0 saturated carbocycles. The number of nitrogens with two attached hydrogens (primary N) is 1. The lowest BCUT2D eigenvalue weighted by Gasteiger charge is -2.24. The molecule has 0 aliphatic carbocycles. The van der Waals surface area contributed by atoms with E-state index >= 15 is 0 Å². The van der Waals surface area contributed by atoms with Crippen LogP contribution >= 0.6 is 0 Å². The van der Waals surface area contributed by atoms with Crippen molar-refractivity contribution in [3.8, 4) is 0 Å². The third kappa shape index (κ3) is 13.4. The minimum absolute atomic E-state index is 0.338. The Morgan fingerprint density at radius 3 is 2.14 bits per heavy atom. The normalized spacial score (nSPS) is 12.0. The Morgan fingerprint density at radius 1 is 1.19 bits per heavy atom. The molecule has 6 nitrogen and oxygen atoms in total. The average molecular weight is 304 g/mol. The number of carboxylic acid groups (broad SMARTS) is 1. The number of ether oxygens (including phenoxy) is 1. The molecular formula is C15H32N2O4. The third-order valence-electron chi connectivity index (χ3n) is 2.53. The van der Waals surface area contributed by atoms with E-state index in [-0.39, 0.29) is 6.09 Å². The molecule has 3 N–H and O–H groups in total. The van der Waals surface area contributed by atoms with Crippen molar-refractivity contribution in [1.29, 1.82) is 0 Å². The zero-order chi connectivity index (χ0) is 17.1. The van der Waals surface area contributed by atoms with Crippen molar-refractivity contribution in [2.45, 2.75) is 71.9 Å². The van der Waals surface area contributed by atoms with Gasteiger partial charge in [0, 0.05) is 13.6 Å². The summed E-state index contributed by atoms with van der Waals surface area (Å²) in [6, 6.07) is -0.788. The van der Waals surface area contributed by atoms with E-state index in [1.165, 1.54) is 4.90 Å². The molecule has 0 aromatic carbocycles. The SMILES string of the molecule is CC.CN(CCCCCC(N)C(=O)O)C(=O)OC(C)(C)C. The summed E-state index contributed by atoms with van der Waals surface area (Å²) in [5.41, 5.74) is 4.91. The Kier molecular flexibility index (Phi) is 11.9. The van der Waals surface area contributed by atoms with Crippen molar-refractivity contribution in [2.75, 3.05) is 13.6 Å². The van der Waals surface area contributed by atoms with Crippen LogP contribution in [0, 0.1) is 0 Å². The maximum Gasteiger partial charge on any atom is 0.410 e. The minimum atomic E-state index is -0.967. The molecule has 0 saturated heterocycles. The largest absolute Gasteiger partial charge is 0.480 e. The summed E-state index contributed by atoms with van der Waals surface area (Å²) >= 11 is 0. The topological polar surface area (TPSA) is 92.9 Å². The van der Waals surface area contributed by atoms with Crippen molar-refractivity contribution in [3.05, 3.63) is 0 Å². The second kappa shape index (κ2) is 11.4. The van der Waals surface area contributed by atoms with E-state index in [0.29, 0.717) is 13.0 Å². The van der Waals surface area contributed by atoms with Crippen molar-refractivity contribution in [3.63, 3.8) is 0 Å². The first-order chi connectivity index (χ1) is 9.63. The number of carbonyl (C=O) groups excluding carboxylic acids is 1. The van der Waals surface area contributed by atoms with Gasteiger partial charge in [-0.3, -0.25) is 4.79 Å². The van der Waals surface area contributed by atoms with Crippen LogP contribution in [0.3, 0.4) is 0 Å². The van der Waals surface area contributed by atoms with E-state index < -0.39 is 17.6 Å². The highest BCUT2D eigenvalue weighted by molar-refractivity contribution is 5.72. The number of carboxylic acids is 1. The third-order valence-corrected chi connectivity index (χ3v) is 2.53. The number of carbonyl (C=O) groups is 2. The van der Waals surface area contributed by atoms with Gasteiger partial charge in [0.15, 0.2) is 0 Å². The van der Waals surface area contributed by atoms with E-state index in [1.54, 1.807) is 7.05 Å². The Hall–Kier alpha value is -1.30. The first kappa shape index (κ1) is 22.0. The van der Waals surface area contributed by atoms with Crippen LogP contribution in [-0.4, -0.2) is 47.3 Å². The second-order valence-corrected chi connectivity index (χ2v) is 5.70. The first-order valence-electron chi connectivity index (χ1n) is 7.56. The van der Waals surface area contributed by atoms with Crippen LogP contribution in [0.4, 0.5) is 4.79 Å². The van der Waals surface area contributed by atoms with Gasteiger partial charge < -0.3 is 20.5 Å². The lowest BCUT2D eigenvalue weighted by atomic mass is 10.1. The Balaban J connectivity index is 0. The molecule has 0 spiro atoms. The number of hydrogen-bond donors (Lipinski definition) is 2. The van der Waals surface area contributed by atoms with Gasteiger partial charge >= 0.3 is 12.1 Å². The van der Waals surface area contributed by atoms with Crippen LogP contribution in [0.25, 0.3) is 0 Å². The summed E-state index contributed by atoms with van der Waals surface area (Å²) in [5, 5.41) is 8.61. The molecule has 1 unspecified atom stereocenters. The number of hydrogen-bond acceptors (Lipinski definition) is 4. The van der Waals surface area contributed by atoms with E-state index in [9.17, 15) is 9.59 Å². The quantitative estimate of drug-likeness (QED) is 0.705. The maximum atomic E-state index is 11.6. The average Bonchev–Trinajstić information content (AvgIpc) is 2.38. The van der Waals surface area contributed by atoms with Gasteiger partial charge in [0.25, 0.3) is 0 Å². The molecule has 0 aliphatic rings. The van der Waals surface area contributed by atoms with Crippen LogP contribution < -0.4 is 5.73 Å². The van der Waals surface area contributed by atoms with Crippen LogP contribution in [-0.2, 0) is 9.53 Å². The molecular weight excluding hydrogens is 272 g/mol. The van der Waals surface area contributed by atoms with E-state index in [4.69, 9.17) is 15.6 Å². The van der Waals surface area contributed by atoms with Crippen molar-refractivity contribution < 1.29 is 19.4 Å². The van der Waals surface area contributed by atoms with Gasteiger partial charge in [0.2, 0.25) is 0 Å². The highest BCUT2D eigenvalue weighted by Gasteiger charge is 2.19. The lowest BCUT2D eigenvalue weighted by Crippen LogP contribution is -2.34. The Morgan fingerprint density at radius 2 is 1.71 bits per heavy atom. The van der Waals surface area contributed by atoms with Gasteiger partial charge in [-0.1, -0.05) is 26.7 Å². The fourth-order valence-corrected chi connectivity index (χ4v) is 1.44. The summed E-state index contributed by atoms with van der Waals surface area (Å²) in [5.74, 6) is -0.967. The summed E-state index contributed by atoms with van der Waals surface area (Å²) in [6.07, 6.45) is 2.52. The Labute approximate surface area is 128 Å². The molecule has 0 aliphatic heterocycles. The monoisotopic (exact) mass is 304 g/mol. The molecule has 0 radical (unpaired) electrons. The summed E-state index contributed by atoms with van der Waals surface area (Å²) in [4.78, 5) is 23.7. The molecule has 0 fully saturated rings. The van der Waals surface area contributed by atoms with Gasteiger partial charge in [-0.2, -0.15) is 0 Å². The molecule has 0 aromatic heterocycles. The van der Waals surface area contributed by atoms with E-state index in [2.05, 4.69) is 0 Å². The number of rotatable bonds is 7. The first-order valence-corrected chi connectivity index (χ1v) is 7.56. The summed E-state index contributed by atoms with van der Waals surface area (Å²) in [6.45, 7) is 10.1. The van der Waals surface area contributed by atoms with Crippen LogP contribution in [0.1, 0.15) is 60.3 Å². The van der Waals surface area contributed by atoms with E-state index in [1.807, 2.05) is 34.6 Å². The van der Waals surface area contributed by atoms with Gasteiger partial charge in [0.05, 0.1) is 0 Å². The fourth-order valence-electron chi connectivity index (χ4n) is 1.44. The van der Waals surface area contributed by atoms with Gasteiger partial charge in [-0.05, 0) is 33.6 Å². The van der Waals surface area contributed by atoms with Gasteiger partial charge in [0.1, 0.15) is 11.6 Å². The molecule has 21 heavy (non-hydrogen) atoms.